The summed E-state index contributed by atoms with van der Waals surface area (Å²) < 4.78 is 5.22. The molecule has 1 heterocycles. The van der Waals surface area contributed by atoms with Gasteiger partial charge in [-0.05, 0) is 23.8 Å². The smallest absolute Gasteiger partial charge is 0.322 e. The van der Waals surface area contributed by atoms with Gasteiger partial charge in [-0.25, -0.2) is 4.98 Å². The lowest BCUT2D eigenvalue weighted by molar-refractivity contribution is -0.136. The van der Waals surface area contributed by atoms with E-state index in [0.717, 1.165) is 10.4 Å². The molecule has 2 rings (SSSR count). The first-order chi connectivity index (χ1) is 11.5. The largest absolute Gasteiger partial charge is 0.566 e. The summed E-state index contributed by atoms with van der Waals surface area (Å²) in [5.74, 6) is -1.43. The monoisotopic (exact) mass is 321 g/mol. The Morgan fingerprint density at radius 3 is 2.71 bits per heavy atom. The Labute approximate surface area is 140 Å². The van der Waals surface area contributed by atoms with Crippen molar-refractivity contribution in [3.63, 3.8) is 0 Å². The molecule has 1 amide bonds. The summed E-state index contributed by atoms with van der Waals surface area (Å²) in [6.07, 6.45) is 1.49. The molecule has 0 spiro atoms. The number of aliphatic carboxylic acids is 1. The third-order valence-corrected chi connectivity index (χ3v) is 3.32. The van der Waals surface area contributed by atoms with Crippen LogP contribution in [0.2, 0.25) is 0 Å². The number of aromatic nitrogens is 1. The van der Waals surface area contributed by atoms with Crippen molar-refractivity contribution in [2.45, 2.75) is 0 Å². The number of carbonyl (C=O) groups is 2. The number of carboxylic acids is 1. The van der Waals surface area contributed by atoms with Gasteiger partial charge in [0.15, 0.2) is 5.69 Å². The Balaban J connectivity index is 2.39. The van der Waals surface area contributed by atoms with Crippen LogP contribution >= 0.6 is 0 Å². The van der Waals surface area contributed by atoms with Crippen LogP contribution in [0, 0.1) is 11.3 Å². The quantitative estimate of drug-likeness (QED) is 0.753. The second-order valence-electron chi connectivity index (χ2n) is 5.02. The molecule has 1 aromatic heterocycles. The SMILES string of the molecule is BOc1cc(-c2cccc(C#N)c2)cnc1C(=O)N(B)CC(=O)O. The highest BCUT2D eigenvalue weighted by Crippen LogP contribution is 2.26. The van der Waals surface area contributed by atoms with Crippen LogP contribution in [0.1, 0.15) is 16.1 Å². The van der Waals surface area contributed by atoms with Gasteiger partial charge in [0.25, 0.3) is 5.91 Å². The summed E-state index contributed by atoms with van der Waals surface area (Å²) in [6, 6.07) is 10.6. The van der Waals surface area contributed by atoms with E-state index in [9.17, 15) is 9.59 Å². The minimum absolute atomic E-state index is 0.0291. The van der Waals surface area contributed by atoms with E-state index < -0.39 is 18.4 Å². The molecule has 0 aliphatic rings. The Bertz CT molecular complexity index is 836. The van der Waals surface area contributed by atoms with E-state index in [4.69, 9.17) is 15.0 Å². The lowest BCUT2D eigenvalue weighted by Crippen LogP contribution is -2.34. The van der Waals surface area contributed by atoms with Gasteiger partial charge < -0.3 is 14.6 Å². The maximum atomic E-state index is 12.3. The zero-order valence-corrected chi connectivity index (χ0v) is 13.2. The minimum atomic E-state index is -1.12. The molecule has 0 fully saturated rings. The van der Waals surface area contributed by atoms with Gasteiger partial charge in [-0.3, -0.25) is 9.59 Å². The second kappa shape index (κ2) is 7.33. The number of carboxylic acid groups (broad SMARTS) is 1. The highest BCUT2D eigenvalue weighted by atomic mass is 16.4. The Hall–Kier alpha value is -3.27. The number of pyridine rings is 1. The molecule has 0 saturated carbocycles. The van der Waals surface area contributed by atoms with E-state index in [-0.39, 0.29) is 11.4 Å². The molecule has 0 aliphatic heterocycles. The lowest BCUT2D eigenvalue weighted by Gasteiger charge is -2.17. The molecule has 24 heavy (non-hydrogen) atoms. The predicted octanol–water partition coefficient (Wildman–Crippen LogP) is -0.378. The second-order valence-corrected chi connectivity index (χ2v) is 5.02. The first kappa shape index (κ1) is 17.1. The van der Waals surface area contributed by atoms with Crippen molar-refractivity contribution in [3.05, 3.63) is 47.8 Å². The van der Waals surface area contributed by atoms with Crippen molar-refractivity contribution in [3.8, 4) is 22.9 Å². The molecule has 118 valence electrons. The summed E-state index contributed by atoms with van der Waals surface area (Å²) in [5, 5.41) is 17.7. The number of benzene rings is 1. The molecule has 0 aliphatic carbocycles. The molecule has 0 atom stereocenters. The summed E-state index contributed by atoms with van der Waals surface area (Å²) >= 11 is 0. The molecule has 9 heteroatoms. The van der Waals surface area contributed by atoms with Crippen LogP contribution in [0.5, 0.6) is 5.75 Å². The van der Waals surface area contributed by atoms with Gasteiger partial charge in [-0.15, -0.1) is 0 Å². The predicted molar refractivity (Wildman–Crippen MR) is 90.8 cm³/mol. The molecule has 2 aromatic rings. The van der Waals surface area contributed by atoms with Gasteiger partial charge in [0.1, 0.15) is 12.3 Å². The number of rotatable bonds is 5. The third kappa shape index (κ3) is 3.73. The summed E-state index contributed by atoms with van der Waals surface area (Å²) in [5.41, 5.74) is 1.98. The highest BCUT2D eigenvalue weighted by Gasteiger charge is 2.20. The molecule has 0 radical (unpaired) electrons. The van der Waals surface area contributed by atoms with Gasteiger partial charge in [0.2, 0.25) is 7.98 Å². The van der Waals surface area contributed by atoms with E-state index >= 15 is 0 Å². The van der Waals surface area contributed by atoms with Crippen LogP contribution in [-0.2, 0) is 4.79 Å². The van der Waals surface area contributed by atoms with Crippen LogP contribution in [-0.4, -0.2) is 49.4 Å². The Morgan fingerprint density at radius 1 is 1.33 bits per heavy atom. The Kier molecular flexibility index (Phi) is 5.22. The summed E-state index contributed by atoms with van der Waals surface area (Å²) in [7, 11) is 2.78. The minimum Gasteiger partial charge on any atom is -0.566 e. The summed E-state index contributed by atoms with van der Waals surface area (Å²) in [6.45, 7) is -0.435. The zero-order chi connectivity index (χ0) is 17.7. The van der Waals surface area contributed by atoms with Gasteiger partial charge in [0, 0.05) is 11.8 Å². The fourth-order valence-corrected chi connectivity index (χ4v) is 2.14. The van der Waals surface area contributed by atoms with Gasteiger partial charge in [0.05, 0.1) is 11.6 Å². The number of hydrogen-bond acceptors (Lipinski definition) is 5. The van der Waals surface area contributed by atoms with Crippen molar-refractivity contribution in [1.82, 2.24) is 9.79 Å². The van der Waals surface area contributed by atoms with Crippen LogP contribution in [0.3, 0.4) is 0 Å². The molecular formula is C15H13B2N3O4. The zero-order valence-electron chi connectivity index (χ0n) is 13.2. The standard InChI is InChI=1S/C15H13B2N3O4/c16-20(8-13(21)22)15(23)14-12(24-17)5-11(7-19-14)10-3-1-2-9(4-10)6-18/h1-5,7H,8,16-17H2,(H,21,22). The van der Waals surface area contributed by atoms with E-state index in [1.807, 2.05) is 6.07 Å². The van der Waals surface area contributed by atoms with Crippen molar-refractivity contribution >= 4 is 27.9 Å². The highest BCUT2D eigenvalue weighted by molar-refractivity contribution is 6.19. The van der Waals surface area contributed by atoms with Crippen molar-refractivity contribution in [2.75, 3.05) is 6.54 Å². The fourth-order valence-electron chi connectivity index (χ4n) is 2.14. The summed E-state index contributed by atoms with van der Waals surface area (Å²) in [4.78, 5) is 28.2. The number of amides is 1. The van der Waals surface area contributed by atoms with Crippen molar-refractivity contribution < 1.29 is 19.3 Å². The van der Waals surface area contributed by atoms with Gasteiger partial charge in [-0.2, -0.15) is 5.26 Å². The van der Waals surface area contributed by atoms with E-state index in [0.29, 0.717) is 11.1 Å². The number of nitriles is 1. The number of nitrogens with zero attached hydrogens (tertiary/aromatic N) is 3. The first-order valence-electron chi connectivity index (χ1n) is 6.98. The van der Waals surface area contributed by atoms with Crippen LogP contribution in [0.4, 0.5) is 0 Å². The topological polar surface area (TPSA) is 104 Å². The molecule has 1 aromatic carbocycles. The molecule has 1 N–H and O–H groups in total. The molecular weight excluding hydrogens is 308 g/mol. The maximum absolute atomic E-state index is 12.3. The first-order valence-corrected chi connectivity index (χ1v) is 6.98. The normalized spacial score (nSPS) is 9.79. The maximum Gasteiger partial charge on any atom is 0.322 e. The van der Waals surface area contributed by atoms with E-state index in [1.165, 1.54) is 22.2 Å². The van der Waals surface area contributed by atoms with Crippen molar-refractivity contribution in [2.24, 2.45) is 0 Å². The average Bonchev–Trinajstić information content (AvgIpc) is 2.60. The van der Waals surface area contributed by atoms with Gasteiger partial charge >= 0.3 is 14.0 Å². The number of carbonyl (C=O) groups excluding carboxylic acids is 1. The van der Waals surface area contributed by atoms with Gasteiger partial charge in [-0.1, -0.05) is 12.1 Å². The van der Waals surface area contributed by atoms with Crippen molar-refractivity contribution in [1.29, 1.82) is 5.26 Å². The van der Waals surface area contributed by atoms with Crippen LogP contribution in [0.25, 0.3) is 11.1 Å². The van der Waals surface area contributed by atoms with E-state index in [1.54, 1.807) is 24.3 Å². The fraction of sp³-hybridized carbons (Fsp3) is 0.0667. The average molecular weight is 321 g/mol. The molecule has 0 saturated heterocycles. The van der Waals surface area contributed by atoms with Crippen LogP contribution in [0.15, 0.2) is 36.5 Å². The molecule has 7 nitrogen and oxygen atoms in total. The Morgan fingerprint density at radius 2 is 2.08 bits per heavy atom. The van der Waals surface area contributed by atoms with Crippen LogP contribution < -0.4 is 4.65 Å². The molecule has 0 unspecified atom stereocenters. The third-order valence-electron chi connectivity index (χ3n) is 3.32. The number of hydrogen-bond donors (Lipinski definition) is 1. The lowest BCUT2D eigenvalue weighted by atomic mass is 10.0. The molecule has 0 bridgehead atoms. The van der Waals surface area contributed by atoms with E-state index in [2.05, 4.69) is 11.1 Å².